The summed E-state index contributed by atoms with van der Waals surface area (Å²) >= 11 is 0. The number of nitrogen functional groups attached to an aromatic ring is 1. The molecular formula is C19H23N5O8. The minimum atomic E-state index is -0.935. The maximum Gasteiger partial charge on any atom is 0.302 e. The Hall–Kier alpha value is -3.47. The summed E-state index contributed by atoms with van der Waals surface area (Å²) < 4.78 is 16.8. The third-order valence-electron chi connectivity index (χ3n) is 4.61. The zero-order chi connectivity index (χ0) is 23.4. The van der Waals surface area contributed by atoms with Gasteiger partial charge in [0, 0.05) is 20.3 Å². The van der Waals surface area contributed by atoms with E-state index >= 15 is 0 Å². The minimum absolute atomic E-state index is 0.0370. The van der Waals surface area contributed by atoms with Crippen LogP contribution in [-0.4, -0.2) is 73.9 Å². The molecule has 1 fully saturated rings. The molecule has 0 saturated carbocycles. The van der Waals surface area contributed by atoms with E-state index in [1.165, 1.54) is 18.5 Å². The van der Waals surface area contributed by atoms with Crippen LogP contribution in [0.5, 0.6) is 0 Å². The molecule has 5 N–H and O–H groups in total. The predicted octanol–water partition coefficient (Wildman–Crippen LogP) is -1.56. The van der Waals surface area contributed by atoms with Crippen molar-refractivity contribution in [3.8, 4) is 11.8 Å². The summed E-state index contributed by atoms with van der Waals surface area (Å²) in [6.45, 7) is 1.80. The minimum Gasteiger partial charge on any atom is -0.464 e. The maximum absolute atomic E-state index is 12.5. The first-order valence-corrected chi connectivity index (χ1v) is 9.70. The molecule has 1 aliphatic rings. The molecule has 0 amide bonds. The van der Waals surface area contributed by atoms with Crippen LogP contribution in [0.3, 0.4) is 0 Å². The normalized spacial score (nSPS) is 20.2. The third-order valence-corrected chi connectivity index (χ3v) is 4.61. The van der Waals surface area contributed by atoms with Crippen molar-refractivity contribution in [1.82, 2.24) is 19.7 Å². The van der Waals surface area contributed by atoms with Crippen molar-refractivity contribution in [3.05, 3.63) is 16.0 Å². The Morgan fingerprint density at radius 3 is 2.56 bits per heavy atom. The van der Waals surface area contributed by atoms with Gasteiger partial charge in [0.2, 0.25) is 5.95 Å². The number of fused-ring (bicyclic) bond motifs is 1. The van der Waals surface area contributed by atoms with Gasteiger partial charge >= 0.3 is 11.9 Å². The molecule has 2 aromatic rings. The number of aliphatic hydroxyl groups excluding tert-OH is 2. The molecule has 0 spiro atoms. The fourth-order valence-corrected chi connectivity index (χ4v) is 3.12. The lowest BCUT2D eigenvalue weighted by Gasteiger charge is -2.12. The number of H-pyrrole nitrogens is 1. The van der Waals surface area contributed by atoms with E-state index in [2.05, 4.69) is 26.9 Å². The highest BCUT2D eigenvalue weighted by atomic mass is 16.6. The lowest BCUT2D eigenvalue weighted by molar-refractivity contribution is -0.144. The second-order valence-electron chi connectivity index (χ2n) is 7.13. The van der Waals surface area contributed by atoms with E-state index in [1.54, 1.807) is 0 Å². The number of hydrogen-bond acceptors (Lipinski definition) is 11. The number of carbonyl (C=O) groups excluding carboxylic acids is 2. The van der Waals surface area contributed by atoms with Crippen molar-refractivity contribution in [1.29, 1.82) is 0 Å². The number of rotatable bonds is 6. The molecule has 3 rings (SSSR count). The molecule has 0 radical (unpaired) electrons. The number of ether oxygens (including phenoxy) is 3. The number of nitrogens with zero attached hydrogens (tertiary/aromatic N) is 3. The summed E-state index contributed by atoms with van der Waals surface area (Å²) in [5.74, 6) is 3.66. The summed E-state index contributed by atoms with van der Waals surface area (Å²) in [5.41, 5.74) is 5.21. The lowest BCUT2D eigenvalue weighted by atomic mass is 10.1. The molecule has 0 bridgehead atoms. The van der Waals surface area contributed by atoms with Crippen LogP contribution < -0.4 is 11.3 Å². The fourth-order valence-electron chi connectivity index (χ4n) is 3.12. The number of aromatic amines is 1. The van der Waals surface area contributed by atoms with Crippen LogP contribution in [0, 0.1) is 17.8 Å². The monoisotopic (exact) mass is 449 g/mol. The van der Waals surface area contributed by atoms with Gasteiger partial charge in [-0.3, -0.25) is 19.4 Å². The SMILES string of the molecule is CC(=O)OCC(C#Cc1nn([C@H]2C[C@@H](O)[C@@H](CO)O2)c2nc(N)[nH]c(=O)c12)COC(C)=O. The predicted molar refractivity (Wildman–Crippen MR) is 108 cm³/mol. The van der Waals surface area contributed by atoms with Gasteiger partial charge in [-0.05, 0) is 5.92 Å². The number of aliphatic hydroxyl groups is 2. The van der Waals surface area contributed by atoms with Crippen LogP contribution in [-0.2, 0) is 23.8 Å². The Morgan fingerprint density at radius 2 is 2.00 bits per heavy atom. The largest absolute Gasteiger partial charge is 0.464 e. The summed E-state index contributed by atoms with van der Waals surface area (Å²) in [5, 5.41) is 23.7. The molecular weight excluding hydrogens is 426 g/mol. The van der Waals surface area contributed by atoms with Crippen LogP contribution in [0.1, 0.15) is 32.2 Å². The van der Waals surface area contributed by atoms with Gasteiger partial charge in [0.1, 0.15) is 24.7 Å². The van der Waals surface area contributed by atoms with Crippen LogP contribution in [0.4, 0.5) is 5.95 Å². The maximum atomic E-state index is 12.5. The lowest BCUT2D eigenvalue weighted by Crippen LogP contribution is -2.24. The van der Waals surface area contributed by atoms with Crippen molar-refractivity contribution in [2.45, 2.75) is 38.7 Å². The van der Waals surface area contributed by atoms with E-state index in [-0.39, 0.29) is 42.3 Å². The van der Waals surface area contributed by atoms with Crippen molar-refractivity contribution < 1.29 is 34.0 Å². The molecule has 13 heteroatoms. The van der Waals surface area contributed by atoms with Gasteiger partial charge in [0.15, 0.2) is 17.6 Å². The highest BCUT2D eigenvalue weighted by Gasteiger charge is 2.36. The fraction of sp³-hybridized carbons (Fsp3) is 0.526. The quantitative estimate of drug-likeness (QED) is 0.294. The van der Waals surface area contributed by atoms with E-state index in [4.69, 9.17) is 19.9 Å². The van der Waals surface area contributed by atoms with Crippen LogP contribution in [0.2, 0.25) is 0 Å². The summed E-state index contributed by atoms with van der Waals surface area (Å²) in [7, 11) is 0. The van der Waals surface area contributed by atoms with Gasteiger partial charge in [0.25, 0.3) is 5.56 Å². The number of esters is 2. The first-order valence-electron chi connectivity index (χ1n) is 9.70. The Bertz CT molecular complexity index is 1110. The van der Waals surface area contributed by atoms with Crippen LogP contribution in [0.15, 0.2) is 4.79 Å². The molecule has 1 aliphatic heterocycles. The zero-order valence-corrected chi connectivity index (χ0v) is 17.4. The number of aromatic nitrogens is 4. The van der Waals surface area contributed by atoms with Crippen LogP contribution >= 0.6 is 0 Å². The molecule has 13 nitrogen and oxygen atoms in total. The van der Waals surface area contributed by atoms with Crippen LogP contribution in [0.25, 0.3) is 11.0 Å². The summed E-state index contributed by atoms with van der Waals surface area (Å²) in [4.78, 5) is 41.3. The first kappa shape index (κ1) is 23.2. The van der Waals surface area contributed by atoms with Gasteiger partial charge < -0.3 is 30.2 Å². The second-order valence-corrected chi connectivity index (χ2v) is 7.13. The van der Waals surface area contributed by atoms with E-state index < -0.39 is 48.5 Å². The highest BCUT2D eigenvalue weighted by molar-refractivity contribution is 5.81. The number of nitrogens with two attached hydrogens (primary N) is 1. The first-order chi connectivity index (χ1) is 15.2. The highest BCUT2D eigenvalue weighted by Crippen LogP contribution is 2.30. The van der Waals surface area contributed by atoms with Crippen molar-refractivity contribution in [3.63, 3.8) is 0 Å². The van der Waals surface area contributed by atoms with E-state index in [0.717, 1.165) is 0 Å². The van der Waals surface area contributed by atoms with E-state index in [0.29, 0.717) is 0 Å². The molecule has 0 aliphatic carbocycles. The standard InChI is InChI=1S/C19H23N5O8/c1-9(26)30-7-11(8-31-10(2)27)3-4-12-16-17(21-19(20)22-18(16)29)24(23-12)15-5-13(28)14(6-25)32-15/h11,13-15,25,28H,5-8H2,1-2H3,(H3,20,21,22,29)/t13-,14-,15-/m1/s1. The van der Waals surface area contributed by atoms with Gasteiger partial charge in [-0.2, -0.15) is 10.1 Å². The molecule has 1 saturated heterocycles. The molecule has 3 atom stereocenters. The van der Waals surface area contributed by atoms with Crippen molar-refractivity contribution >= 4 is 28.9 Å². The molecule has 0 aromatic carbocycles. The Balaban J connectivity index is 2.00. The average Bonchev–Trinajstić information content (AvgIpc) is 3.27. The van der Waals surface area contributed by atoms with Gasteiger partial charge in [0.05, 0.1) is 18.6 Å². The number of carbonyl (C=O) groups is 2. The van der Waals surface area contributed by atoms with Crippen molar-refractivity contribution in [2.75, 3.05) is 25.6 Å². The Morgan fingerprint density at radius 1 is 1.34 bits per heavy atom. The third kappa shape index (κ3) is 5.22. The molecule has 32 heavy (non-hydrogen) atoms. The van der Waals surface area contributed by atoms with Gasteiger partial charge in [-0.15, -0.1) is 0 Å². The summed E-state index contributed by atoms with van der Waals surface area (Å²) in [6, 6.07) is 0. The Kier molecular flexibility index (Phi) is 7.08. The smallest absolute Gasteiger partial charge is 0.302 e. The number of anilines is 1. The zero-order valence-electron chi connectivity index (χ0n) is 17.4. The topological polar surface area (TPSA) is 192 Å². The van der Waals surface area contributed by atoms with Gasteiger partial charge in [-0.1, -0.05) is 5.92 Å². The Labute approximate surface area is 181 Å². The van der Waals surface area contributed by atoms with E-state index in [1.807, 2.05) is 0 Å². The number of hydrogen-bond donors (Lipinski definition) is 4. The van der Waals surface area contributed by atoms with Crippen molar-refractivity contribution in [2.24, 2.45) is 5.92 Å². The van der Waals surface area contributed by atoms with E-state index in [9.17, 15) is 24.6 Å². The molecule has 0 unspecified atom stereocenters. The molecule has 2 aromatic heterocycles. The average molecular weight is 449 g/mol. The second kappa shape index (κ2) is 9.77. The molecule has 3 heterocycles. The molecule has 172 valence electrons. The van der Waals surface area contributed by atoms with Gasteiger partial charge in [-0.25, -0.2) is 4.68 Å². The number of nitrogens with one attached hydrogen (secondary N) is 1. The summed E-state index contributed by atoms with van der Waals surface area (Å²) in [6.07, 6.45) is -2.46.